The summed E-state index contributed by atoms with van der Waals surface area (Å²) < 4.78 is 0. The first kappa shape index (κ1) is 21.1. The van der Waals surface area contributed by atoms with E-state index in [1.54, 1.807) is 23.1 Å². The van der Waals surface area contributed by atoms with Crippen LogP contribution in [0.2, 0.25) is 5.02 Å². The first-order valence-electron chi connectivity index (χ1n) is 10.3. The molecular formula is C24H25ClN4O2. The van der Waals surface area contributed by atoms with E-state index in [1.165, 1.54) is 0 Å². The number of nitrogens with zero attached hydrogens (tertiary/aromatic N) is 2. The molecule has 2 atom stereocenters. The molecule has 1 saturated heterocycles. The first-order valence-corrected chi connectivity index (χ1v) is 10.7. The van der Waals surface area contributed by atoms with Gasteiger partial charge in [0.15, 0.2) is 0 Å². The Hall–Kier alpha value is -3.12. The summed E-state index contributed by atoms with van der Waals surface area (Å²) in [7, 11) is 0. The molecule has 31 heavy (non-hydrogen) atoms. The number of rotatable bonds is 5. The lowest BCUT2D eigenvalue weighted by Gasteiger charge is -2.41. The van der Waals surface area contributed by atoms with E-state index in [9.17, 15) is 9.59 Å². The van der Waals surface area contributed by atoms with Crippen LogP contribution in [0.5, 0.6) is 0 Å². The number of nitrogens with one attached hydrogen (secondary N) is 2. The highest BCUT2D eigenvalue weighted by Gasteiger charge is 2.39. The number of H-pyrrole nitrogens is 1. The minimum atomic E-state index is -0.640. The van der Waals surface area contributed by atoms with Crippen LogP contribution in [-0.2, 0) is 11.2 Å². The van der Waals surface area contributed by atoms with E-state index in [1.807, 2.05) is 44.3 Å². The summed E-state index contributed by atoms with van der Waals surface area (Å²) in [5, 5.41) is 4.58. The zero-order valence-corrected chi connectivity index (χ0v) is 18.3. The van der Waals surface area contributed by atoms with Gasteiger partial charge in [0, 0.05) is 41.1 Å². The number of fused-ring (bicyclic) bond motifs is 1. The van der Waals surface area contributed by atoms with Crippen molar-refractivity contribution in [1.82, 2.24) is 15.2 Å². The van der Waals surface area contributed by atoms with Crippen LogP contribution < -0.4 is 5.32 Å². The van der Waals surface area contributed by atoms with E-state index in [2.05, 4.69) is 22.0 Å². The molecule has 0 aliphatic carbocycles. The molecule has 0 bridgehead atoms. The summed E-state index contributed by atoms with van der Waals surface area (Å²) in [6.07, 6.45) is 2.31. The zero-order chi connectivity index (χ0) is 22.1. The minimum Gasteiger partial charge on any atom is -0.361 e. The highest BCUT2D eigenvalue weighted by atomic mass is 35.5. The van der Waals surface area contributed by atoms with Gasteiger partial charge in [-0.3, -0.25) is 14.6 Å². The number of para-hydroxylation sites is 1. The van der Waals surface area contributed by atoms with E-state index < -0.39 is 6.04 Å². The summed E-state index contributed by atoms with van der Waals surface area (Å²) in [6.45, 7) is 8.05. The van der Waals surface area contributed by atoms with Gasteiger partial charge in [-0.2, -0.15) is 0 Å². The molecule has 0 radical (unpaired) electrons. The molecule has 3 aromatic rings. The normalized spacial score (nSPS) is 19.0. The Kier molecular flexibility index (Phi) is 5.83. The van der Waals surface area contributed by atoms with Crippen molar-refractivity contribution in [1.29, 1.82) is 0 Å². The average molecular weight is 437 g/mol. The monoisotopic (exact) mass is 436 g/mol. The molecule has 1 aliphatic heterocycles. The second-order valence-corrected chi connectivity index (χ2v) is 8.65. The fourth-order valence-electron chi connectivity index (χ4n) is 4.09. The summed E-state index contributed by atoms with van der Waals surface area (Å²) >= 11 is 6.17. The van der Waals surface area contributed by atoms with Crippen molar-refractivity contribution in [3.05, 3.63) is 64.8 Å². The fourth-order valence-corrected chi connectivity index (χ4v) is 4.26. The lowest BCUT2D eigenvalue weighted by atomic mass is 9.94. The molecule has 1 aliphatic rings. The fraction of sp³-hybridized carbons (Fsp3) is 0.292. The van der Waals surface area contributed by atoms with E-state index >= 15 is 0 Å². The van der Waals surface area contributed by atoms with Crippen LogP contribution in [0.25, 0.3) is 10.9 Å². The largest absolute Gasteiger partial charge is 0.361 e. The standard InChI is InChI=1S/C24H25ClN4O2/c1-14(2)21-13-29(24(31)18-11-16(25)8-9-19(18)26-3)22(23(30)28-21)10-15-12-27-20-7-5-4-6-17(15)20/h4-9,11-12,14,21-22,27H,3,10,13H2,1-2H3,(H,28,30). The molecule has 2 amide bonds. The van der Waals surface area contributed by atoms with Gasteiger partial charge in [-0.15, -0.1) is 0 Å². The van der Waals surface area contributed by atoms with Crippen molar-refractivity contribution in [3.8, 4) is 0 Å². The predicted molar refractivity (Wildman–Crippen MR) is 124 cm³/mol. The summed E-state index contributed by atoms with van der Waals surface area (Å²) in [5.41, 5.74) is 2.79. The number of aliphatic imine (C=N–C) groups is 1. The number of hydrogen-bond donors (Lipinski definition) is 2. The SMILES string of the molecule is C=Nc1ccc(Cl)cc1C(=O)N1CC(C(C)C)NC(=O)C1Cc1c[nH]c2ccccc12. The quantitative estimate of drug-likeness (QED) is 0.583. The predicted octanol–water partition coefficient (Wildman–Crippen LogP) is 4.36. The molecule has 2 heterocycles. The summed E-state index contributed by atoms with van der Waals surface area (Å²) in [5.74, 6) is -0.237. The molecule has 2 aromatic carbocycles. The van der Waals surface area contributed by atoms with Gasteiger partial charge >= 0.3 is 0 Å². The lowest BCUT2D eigenvalue weighted by molar-refractivity contribution is -0.130. The highest BCUT2D eigenvalue weighted by molar-refractivity contribution is 6.31. The van der Waals surface area contributed by atoms with Crippen LogP contribution in [0.3, 0.4) is 0 Å². The number of halogens is 1. The number of piperazine rings is 1. The average Bonchev–Trinajstić information content (AvgIpc) is 3.17. The van der Waals surface area contributed by atoms with Crippen molar-refractivity contribution in [2.24, 2.45) is 10.9 Å². The van der Waals surface area contributed by atoms with Gasteiger partial charge in [0.1, 0.15) is 6.04 Å². The van der Waals surface area contributed by atoms with Gasteiger partial charge in [-0.1, -0.05) is 43.6 Å². The zero-order valence-electron chi connectivity index (χ0n) is 17.6. The molecule has 6 nitrogen and oxygen atoms in total. The van der Waals surface area contributed by atoms with Gasteiger partial charge in [-0.25, -0.2) is 0 Å². The number of hydrogen-bond acceptors (Lipinski definition) is 3. The second kappa shape index (κ2) is 8.55. The molecular weight excluding hydrogens is 412 g/mol. The van der Waals surface area contributed by atoms with Gasteiger partial charge in [0.2, 0.25) is 5.91 Å². The van der Waals surface area contributed by atoms with Crippen LogP contribution in [0.1, 0.15) is 29.8 Å². The van der Waals surface area contributed by atoms with Crippen molar-refractivity contribution in [2.45, 2.75) is 32.4 Å². The Morgan fingerprint density at radius 1 is 1.29 bits per heavy atom. The number of carbonyl (C=O) groups is 2. The number of benzene rings is 2. The third kappa shape index (κ3) is 4.08. The Bertz CT molecular complexity index is 1150. The lowest BCUT2D eigenvalue weighted by Crippen LogP contribution is -2.63. The number of carbonyl (C=O) groups excluding carboxylic acids is 2. The van der Waals surface area contributed by atoms with Gasteiger partial charge < -0.3 is 15.2 Å². The molecule has 2 unspecified atom stereocenters. The number of aromatic nitrogens is 1. The molecule has 7 heteroatoms. The Morgan fingerprint density at radius 2 is 2.06 bits per heavy atom. The van der Waals surface area contributed by atoms with Crippen molar-refractivity contribution in [3.63, 3.8) is 0 Å². The van der Waals surface area contributed by atoms with Crippen molar-refractivity contribution < 1.29 is 9.59 Å². The molecule has 160 valence electrons. The highest BCUT2D eigenvalue weighted by Crippen LogP contribution is 2.28. The van der Waals surface area contributed by atoms with Crippen molar-refractivity contribution in [2.75, 3.05) is 6.54 Å². The molecule has 1 aromatic heterocycles. The van der Waals surface area contributed by atoms with Gasteiger partial charge in [-0.05, 0) is 42.5 Å². The number of aromatic amines is 1. The maximum atomic E-state index is 13.6. The van der Waals surface area contributed by atoms with Crippen molar-refractivity contribution >= 4 is 46.7 Å². The summed E-state index contributed by atoms with van der Waals surface area (Å²) in [4.78, 5) is 35.7. The molecule has 4 rings (SSSR count). The third-order valence-electron chi connectivity index (χ3n) is 5.91. The Morgan fingerprint density at radius 3 is 2.81 bits per heavy atom. The van der Waals surface area contributed by atoms with Gasteiger partial charge in [0.05, 0.1) is 11.3 Å². The van der Waals surface area contributed by atoms with E-state index in [-0.39, 0.29) is 23.8 Å². The molecule has 0 spiro atoms. The molecule has 2 N–H and O–H groups in total. The molecule has 0 saturated carbocycles. The Labute approximate surface area is 186 Å². The first-order chi connectivity index (χ1) is 14.9. The van der Waals surface area contributed by atoms with Crippen LogP contribution in [0.15, 0.2) is 53.7 Å². The maximum absolute atomic E-state index is 13.6. The van der Waals surface area contributed by atoms with Crippen LogP contribution in [0, 0.1) is 5.92 Å². The number of amides is 2. The second-order valence-electron chi connectivity index (χ2n) is 8.22. The minimum absolute atomic E-state index is 0.130. The smallest absolute Gasteiger partial charge is 0.256 e. The topological polar surface area (TPSA) is 77.6 Å². The van der Waals surface area contributed by atoms with Crippen LogP contribution in [0.4, 0.5) is 5.69 Å². The Balaban J connectivity index is 1.73. The molecule has 1 fully saturated rings. The van der Waals surface area contributed by atoms with Crippen LogP contribution >= 0.6 is 11.6 Å². The third-order valence-corrected chi connectivity index (χ3v) is 6.15. The van der Waals surface area contributed by atoms with E-state index in [0.29, 0.717) is 29.2 Å². The maximum Gasteiger partial charge on any atom is 0.256 e. The van der Waals surface area contributed by atoms with E-state index in [0.717, 1.165) is 16.5 Å². The summed E-state index contributed by atoms with van der Waals surface area (Å²) in [6, 6.07) is 12.1. The van der Waals surface area contributed by atoms with E-state index in [4.69, 9.17) is 11.6 Å². The van der Waals surface area contributed by atoms with Crippen LogP contribution in [-0.4, -0.2) is 47.0 Å². The van der Waals surface area contributed by atoms with Gasteiger partial charge in [0.25, 0.3) is 5.91 Å².